The molecule has 100 valence electrons. The Morgan fingerprint density at radius 3 is 2.71 bits per heavy atom. The topological polar surface area (TPSA) is 41.5 Å². The highest BCUT2D eigenvalue weighted by molar-refractivity contribution is 4.92. The Morgan fingerprint density at radius 1 is 1.29 bits per heavy atom. The summed E-state index contributed by atoms with van der Waals surface area (Å²) in [5, 5.41) is 13.2. The van der Waals surface area contributed by atoms with Gasteiger partial charge < -0.3 is 15.2 Å². The van der Waals surface area contributed by atoms with Crippen molar-refractivity contribution in [2.75, 3.05) is 13.2 Å². The molecule has 0 aromatic rings. The Labute approximate surface area is 105 Å². The summed E-state index contributed by atoms with van der Waals surface area (Å²) in [5.74, 6) is 0.849. The van der Waals surface area contributed by atoms with E-state index in [4.69, 9.17) is 4.74 Å². The van der Waals surface area contributed by atoms with E-state index >= 15 is 0 Å². The minimum Gasteiger partial charge on any atom is -0.389 e. The van der Waals surface area contributed by atoms with Gasteiger partial charge in [0.2, 0.25) is 0 Å². The fraction of sp³-hybridized carbons (Fsp3) is 1.00. The zero-order chi connectivity index (χ0) is 12.1. The van der Waals surface area contributed by atoms with Crippen LogP contribution in [0.4, 0.5) is 0 Å². The van der Waals surface area contributed by atoms with Crippen LogP contribution in [0.3, 0.4) is 0 Å². The first-order valence-corrected chi connectivity index (χ1v) is 7.32. The van der Waals surface area contributed by atoms with E-state index in [1.165, 1.54) is 44.9 Å². The number of aliphatic hydroxyl groups excluding tert-OH is 1. The normalized spacial score (nSPS) is 31.4. The largest absolute Gasteiger partial charge is 0.389 e. The lowest BCUT2D eigenvalue weighted by atomic mass is 9.98. The number of nitrogens with one attached hydrogen (secondary N) is 1. The molecule has 2 fully saturated rings. The van der Waals surface area contributed by atoms with Gasteiger partial charge in [-0.05, 0) is 25.2 Å². The molecule has 3 nitrogen and oxygen atoms in total. The molecule has 3 unspecified atom stereocenters. The summed E-state index contributed by atoms with van der Waals surface area (Å²) < 4.78 is 5.76. The number of rotatable bonds is 7. The minimum absolute atomic E-state index is 0.338. The van der Waals surface area contributed by atoms with E-state index in [0.29, 0.717) is 25.3 Å². The van der Waals surface area contributed by atoms with Gasteiger partial charge in [0.1, 0.15) is 0 Å². The van der Waals surface area contributed by atoms with Gasteiger partial charge in [0.05, 0.1) is 18.8 Å². The maximum absolute atomic E-state index is 9.83. The van der Waals surface area contributed by atoms with Crippen molar-refractivity contribution in [3.05, 3.63) is 0 Å². The van der Waals surface area contributed by atoms with Gasteiger partial charge in [0.15, 0.2) is 0 Å². The lowest BCUT2D eigenvalue weighted by Gasteiger charge is -2.23. The summed E-state index contributed by atoms with van der Waals surface area (Å²) >= 11 is 0. The van der Waals surface area contributed by atoms with E-state index in [-0.39, 0.29) is 6.10 Å². The zero-order valence-corrected chi connectivity index (χ0v) is 11.0. The Hall–Kier alpha value is -0.120. The lowest BCUT2D eigenvalue weighted by Crippen LogP contribution is -2.34. The first kappa shape index (κ1) is 13.3. The summed E-state index contributed by atoms with van der Waals surface area (Å²) in [4.78, 5) is 0. The predicted molar refractivity (Wildman–Crippen MR) is 69.0 cm³/mol. The molecule has 0 saturated heterocycles. The minimum atomic E-state index is -0.338. The highest BCUT2D eigenvalue weighted by Gasteiger charge is 2.34. The van der Waals surface area contributed by atoms with Crippen molar-refractivity contribution in [1.29, 1.82) is 0 Å². The van der Waals surface area contributed by atoms with Crippen molar-refractivity contribution in [2.45, 2.75) is 70.1 Å². The summed E-state index contributed by atoms with van der Waals surface area (Å²) in [6, 6.07) is 0.657. The van der Waals surface area contributed by atoms with Gasteiger partial charge in [0.25, 0.3) is 0 Å². The molecular formula is C14H27NO2. The fourth-order valence-electron chi connectivity index (χ4n) is 2.77. The SMILES string of the molecule is CCC1CC1NCC(O)COC1CCCCC1. The van der Waals surface area contributed by atoms with E-state index < -0.39 is 0 Å². The summed E-state index contributed by atoms with van der Waals surface area (Å²) in [7, 11) is 0. The molecule has 2 N–H and O–H groups in total. The second-order valence-corrected chi connectivity index (χ2v) is 5.67. The van der Waals surface area contributed by atoms with E-state index in [1.54, 1.807) is 0 Å². The van der Waals surface area contributed by atoms with Crippen LogP contribution in [0.25, 0.3) is 0 Å². The van der Waals surface area contributed by atoms with Crippen LogP contribution in [0.15, 0.2) is 0 Å². The van der Waals surface area contributed by atoms with Gasteiger partial charge in [-0.2, -0.15) is 0 Å². The monoisotopic (exact) mass is 241 g/mol. The maximum atomic E-state index is 9.83. The molecule has 2 aliphatic rings. The molecule has 17 heavy (non-hydrogen) atoms. The van der Waals surface area contributed by atoms with E-state index in [0.717, 1.165) is 5.92 Å². The fourth-order valence-corrected chi connectivity index (χ4v) is 2.77. The van der Waals surface area contributed by atoms with E-state index in [1.807, 2.05) is 0 Å². The first-order chi connectivity index (χ1) is 8.29. The molecule has 0 aromatic heterocycles. The van der Waals surface area contributed by atoms with Crippen molar-refractivity contribution in [1.82, 2.24) is 5.32 Å². The standard InChI is InChI=1S/C14H27NO2/c1-2-11-8-14(11)15-9-12(16)10-17-13-6-4-3-5-7-13/h11-16H,2-10H2,1H3. The van der Waals surface area contributed by atoms with Crippen molar-refractivity contribution in [3.63, 3.8) is 0 Å². The third-order valence-electron chi connectivity index (χ3n) is 4.14. The van der Waals surface area contributed by atoms with Gasteiger partial charge >= 0.3 is 0 Å². The Balaban J connectivity index is 1.50. The second kappa shape index (κ2) is 6.72. The quantitative estimate of drug-likeness (QED) is 0.717. The van der Waals surface area contributed by atoms with Crippen LogP contribution in [0.1, 0.15) is 51.9 Å². The van der Waals surface area contributed by atoms with Crippen LogP contribution >= 0.6 is 0 Å². The van der Waals surface area contributed by atoms with E-state index in [9.17, 15) is 5.11 Å². The molecule has 0 radical (unpaired) electrons. The number of aliphatic hydroxyl groups is 1. The third-order valence-corrected chi connectivity index (χ3v) is 4.14. The van der Waals surface area contributed by atoms with Gasteiger partial charge in [-0.15, -0.1) is 0 Å². The summed E-state index contributed by atoms with van der Waals surface area (Å²) in [6.45, 7) is 3.42. The van der Waals surface area contributed by atoms with Crippen LogP contribution in [-0.2, 0) is 4.74 Å². The highest BCUT2D eigenvalue weighted by atomic mass is 16.5. The zero-order valence-electron chi connectivity index (χ0n) is 11.0. The Morgan fingerprint density at radius 2 is 2.06 bits per heavy atom. The number of hydrogen-bond acceptors (Lipinski definition) is 3. The average Bonchev–Trinajstić information content (AvgIpc) is 3.14. The van der Waals surface area contributed by atoms with Gasteiger partial charge in [-0.3, -0.25) is 0 Å². The molecule has 3 atom stereocenters. The predicted octanol–water partition coefficient (Wildman–Crippen LogP) is 2.08. The first-order valence-electron chi connectivity index (χ1n) is 7.32. The Bertz CT molecular complexity index is 216. The van der Waals surface area contributed by atoms with E-state index in [2.05, 4.69) is 12.2 Å². The molecule has 2 saturated carbocycles. The highest BCUT2D eigenvalue weighted by Crippen LogP contribution is 2.32. The van der Waals surface area contributed by atoms with Crippen LogP contribution in [-0.4, -0.2) is 36.5 Å². The molecule has 0 spiro atoms. The maximum Gasteiger partial charge on any atom is 0.0897 e. The molecule has 0 bridgehead atoms. The molecule has 2 rings (SSSR count). The molecule has 0 aliphatic heterocycles. The van der Waals surface area contributed by atoms with Crippen LogP contribution in [0, 0.1) is 5.92 Å². The van der Waals surface area contributed by atoms with Gasteiger partial charge in [0, 0.05) is 12.6 Å². The van der Waals surface area contributed by atoms with Crippen LogP contribution in [0.5, 0.6) is 0 Å². The summed E-state index contributed by atoms with van der Waals surface area (Å²) in [5.41, 5.74) is 0. The lowest BCUT2D eigenvalue weighted by molar-refractivity contribution is -0.0231. The molecule has 0 heterocycles. The number of ether oxygens (including phenoxy) is 1. The van der Waals surface area contributed by atoms with Crippen LogP contribution in [0.2, 0.25) is 0 Å². The molecule has 0 aromatic carbocycles. The molecule has 2 aliphatic carbocycles. The smallest absolute Gasteiger partial charge is 0.0897 e. The van der Waals surface area contributed by atoms with Crippen molar-refractivity contribution < 1.29 is 9.84 Å². The molecule has 0 amide bonds. The van der Waals surface area contributed by atoms with Crippen molar-refractivity contribution in [3.8, 4) is 0 Å². The second-order valence-electron chi connectivity index (χ2n) is 5.67. The van der Waals surface area contributed by atoms with Crippen molar-refractivity contribution >= 4 is 0 Å². The van der Waals surface area contributed by atoms with Gasteiger partial charge in [-0.25, -0.2) is 0 Å². The molecular weight excluding hydrogens is 214 g/mol. The Kier molecular flexibility index (Phi) is 5.26. The third kappa shape index (κ3) is 4.57. The molecule has 3 heteroatoms. The average molecular weight is 241 g/mol. The van der Waals surface area contributed by atoms with Crippen LogP contribution < -0.4 is 5.32 Å². The summed E-state index contributed by atoms with van der Waals surface area (Å²) in [6.07, 6.45) is 8.90. The number of hydrogen-bond donors (Lipinski definition) is 2. The van der Waals surface area contributed by atoms with Gasteiger partial charge in [-0.1, -0.05) is 32.6 Å². The van der Waals surface area contributed by atoms with Crippen molar-refractivity contribution in [2.24, 2.45) is 5.92 Å².